The minimum absolute atomic E-state index is 0.0578. The summed E-state index contributed by atoms with van der Waals surface area (Å²) in [5.74, 6) is -0.818. The molecule has 47 heavy (non-hydrogen) atoms. The Morgan fingerprint density at radius 2 is 0.915 bits per heavy atom. The lowest BCUT2D eigenvalue weighted by Crippen LogP contribution is -2.29. The molecule has 0 rings (SSSR count). The van der Waals surface area contributed by atoms with Crippen molar-refractivity contribution in [3.63, 3.8) is 0 Å². The van der Waals surface area contributed by atoms with Gasteiger partial charge in [0.2, 0.25) is 0 Å². The number of ether oxygens (including phenoxy) is 2. The van der Waals surface area contributed by atoms with Gasteiger partial charge in [0.25, 0.3) is 0 Å². The molecule has 0 radical (unpaired) electrons. The first-order valence-electron chi connectivity index (χ1n) is 19.5. The van der Waals surface area contributed by atoms with Gasteiger partial charge in [-0.3, -0.25) is 18.6 Å². The van der Waals surface area contributed by atoms with Crippen molar-refractivity contribution in [2.75, 3.05) is 26.4 Å². The zero-order valence-electron chi connectivity index (χ0n) is 30.5. The third kappa shape index (κ3) is 34.7. The van der Waals surface area contributed by atoms with E-state index in [9.17, 15) is 19.0 Å². The van der Waals surface area contributed by atoms with Crippen LogP contribution in [0.5, 0.6) is 0 Å². The van der Waals surface area contributed by atoms with Gasteiger partial charge >= 0.3 is 19.8 Å². The average molecular weight is 692 g/mol. The fourth-order valence-electron chi connectivity index (χ4n) is 5.58. The molecule has 9 nitrogen and oxygen atoms in total. The summed E-state index contributed by atoms with van der Waals surface area (Å²) in [6.45, 7) is 3.74. The van der Waals surface area contributed by atoms with E-state index in [0.29, 0.717) is 6.42 Å². The van der Waals surface area contributed by atoms with Crippen molar-refractivity contribution in [2.45, 2.75) is 200 Å². The van der Waals surface area contributed by atoms with Gasteiger partial charge in [-0.05, 0) is 12.8 Å². The van der Waals surface area contributed by atoms with Gasteiger partial charge in [0.1, 0.15) is 6.61 Å². The summed E-state index contributed by atoms with van der Waals surface area (Å²) in [7, 11) is -4.36. The number of nitrogens with two attached hydrogens (primary N) is 1. The maximum atomic E-state index is 12.5. The summed E-state index contributed by atoms with van der Waals surface area (Å²) in [6.07, 6.45) is 31.2. The Morgan fingerprint density at radius 3 is 1.30 bits per heavy atom. The minimum Gasteiger partial charge on any atom is -0.462 e. The van der Waals surface area contributed by atoms with Crippen LogP contribution in [0, 0.1) is 0 Å². The van der Waals surface area contributed by atoms with E-state index in [1.54, 1.807) is 0 Å². The van der Waals surface area contributed by atoms with Crippen LogP contribution in [0.15, 0.2) is 0 Å². The van der Waals surface area contributed by atoms with E-state index in [1.807, 2.05) is 0 Å². The predicted molar refractivity (Wildman–Crippen MR) is 192 cm³/mol. The van der Waals surface area contributed by atoms with Gasteiger partial charge in [-0.2, -0.15) is 0 Å². The Hall–Kier alpha value is -0.990. The van der Waals surface area contributed by atoms with E-state index in [0.717, 1.165) is 32.1 Å². The van der Waals surface area contributed by atoms with Crippen LogP contribution in [0.1, 0.15) is 194 Å². The molecule has 0 heterocycles. The zero-order valence-corrected chi connectivity index (χ0v) is 31.4. The highest BCUT2D eigenvalue weighted by Gasteiger charge is 2.26. The minimum atomic E-state index is -4.36. The molecular formula is C37H74NO8P. The number of hydrogen-bond acceptors (Lipinski definition) is 8. The standard InChI is InChI=1S/C37H74NO8P/c1-3-5-7-9-11-13-15-17-19-21-23-25-27-29-36(39)43-33-35(34-45-47(41,42)44-32-31-38)46-37(40)30-28-26-24-22-20-18-16-14-12-10-8-6-4-2/h35H,3-34,38H2,1-2H3,(H,41,42)/t35-/m0/s1. The summed E-state index contributed by atoms with van der Waals surface area (Å²) in [5, 5.41) is 0. The molecule has 0 fully saturated rings. The van der Waals surface area contributed by atoms with E-state index in [-0.39, 0.29) is 38.6 Å². The van der Waals surface area contributed by atoms with Crippen LogP contribution < -0.4 is 5.73 Å². The predicted octanol–water partition coefficient (Wildman–Crippen LogP) is 10.5. The molecule has 0 aromatic heterocycles. The van der Waals surface area contributed by atoms with Gasteiger partial charge in [-0.25, -0.2) is 4.57 Å². The summed E-state index contributed by atoms with van der Waals surface area (Å²) < 4.78 is 32.7. The van der Waals surface area contributed by atoms with E-state index in [4.69, 9.17) is 24.3 Å². The highest BCUT2D eigenvalue weighted by molar-refractivity contribution is 7.47. The van der Waals surface area contributed by atoms with Crippen molar-refractivity contribution >= 4 is 19.8 Å². The third-order valence-electron chi connectivity index (χ3n) is 8.49. The second-order valence-corrected chi connectivity index (χ2v) is 14.6. The van der Waals surface area contributed by atoms with Crippen LogP contribution in [0.2, 0.25) is 0 Å². The number of phosphoric ester groups is 1. The molecule has 10 heteroatoms. The smallest absolute Gasteiger partial charge is 0.462 e. The molecule has 2 atom stereocenters. The Bertz CT molecular complexity index is 754. The molecule has 1 unspecified atom stereocenters. The summed E-state index contributed by atoms with van der Waals surface area (Å²) in [5.41, 5.74) is 5.33. The topological polar surface area (TPSA) is 134 Å². The second-order valence-electron chi connectivity index (χ2n) is 13.2. The molecule has 0 aliphatic carbocycles. The maximum absolute atomic E-state index is 12.5. The van der Waals surface area contributed by atoms with Crippen molar-refractivity contribution in [1.82, 2.24) is 0 Å². The SMILES string of the molecule is CCCCCCCCCCCCCCCC(=O)OC[C@@H](COP(=O)(O)OCCN)OC(=O)CCCCCCCCCCCCCCC. The van der Waals surface area contributed by atoms with Crippen LogP contribution in [-0.4, -0.2) is 49.3 Å². The number of hydrogen-bond donors (Lipinski definition) is 2. The van der Waals surface area contributed by atoms with E-state index < -0.39 is 26.5 Å². The van der Waals surface area contributed by atoms with E-state index in [2.05, 4.69) is 13.8 Å². The molecule has 0 spiro atoms. The van der Waals surface area contributed by atoms with Crippen LogP contribution in [0.4, 0.5) is 0 Å². The van der Waals surface area contributed by atoms with Crippen molar-refractivity contribution in [3.8, 4) is 0 Å². The van der Waals surface area contributed by atoms with E-state index >= 15 is 0 Å². The lowest BCUT2D eigenvalue weighted by molar-refractivity contribution is -0.161. The molecule has 0 saturated heterocycles. The van der Waals surface area contributed by atoms with Gasteiger partial charge in [0, 0.05) is 19.4 Å². The molecule has 0 aliphatic heterocycles. The molecule has 0 saturated carbocycles. The van der Waals surface area contributed by atoms with Gasteiger partial charge in [0.15, 0.2) is 6.10 Å². The number of unbranched alkanes of at least 4 members (excludes halogenated alkanes) is 24. The lowest BCUT2D eigenvalue weighted by atomic mass is 10.0. The summed E-state index contributed by atoms with van der Waals surface area (Å²) in [6, 6.07) is 0. The first kappa shape index (κ1) is 46.0. The van der Waals surface area contributed by atoms with Crippen molar-refractivity contribution in [3.05, 3.63) is 0 Å². The maximum Gasteiger partial charge on any atom is 0.472 e. The van der Waals surface area contributed by atoms with Gasteiger partial charge in [0.05, 0.1) is 13.2 Å². The summed E-state index contributed by atoms with van der Waals surface area (Å²) >= 11 is 0. The second kappa shape index (κ2) is 34.9. The van der Waals surface area contributed by atoms with Crippen molar-refractivity contribution in [2.24, 2.45) is 5.73 Å². The molecular weight excluding hydrogens is 617 g/mol. The molecule has 0 aromatic rings. The number of rotatable bonds is 37. The lowest BCUT2D eigenvalue weighted by Gasteiger charge is -2.19. The van der Waals surface area contributed by atoms with Crippen LogP contribution in [0.3, 0.4) is 0 Å². The molecule has 0 aromatic carbocycles. The Labute approximate surface area is 288 Å². The zero-order chi connectivity index (χ0) is 34.7. The highest BCUT2D eigenvalue weighted by atomic mass is 31.2. The largest absolute Gasteiger partial charge is 0.472 e. The quantitative estimate of drug-likeness (QED) is 0.0371. The van der Waals surface area contributed by atoms with Gasteiger partial charge in [-0.1, -0.05) is 168 Å². The average Bonchev–Trinajstić information content (AvgIpc) is 3.05. The first-order valence-corrected chi connectivity index (χ1v) is 21.0. The van der Waals surface area contributed by atoms with Crippen LogP contribution in [0.25, 0.3) is 0 Å². The Kier molecular flexibility index (Phi) is 34.1. The summed E-state index contributed by atoms with van der Waals surface area (Å²) in [4.78, 5) is 34.7. The number of esters is 2. The number of carbonyl (C=O) groups is 2. The van der Waals surface area contributed by atoms with Crippen LogP contribution >= 0.6 is 7.82 Å². The Morgan fingerprint density at radius 1 is 0.553 bits per heavy atom. The third-order valence-corrected chi connectivity index (χ3v) is 9.48. The number of phosphoric acid groups is 1. The van der Waals surface area contributed by atoms with Crippen molar-refractivity contribution in [1.29, 1.82) is 0 Å². The Balaban J connectivity index is 4.18. The molecule has 3 N–H and O–H groups in total. The molecule has 0 aliphatic rings. The molecule has 0 amide bonds. The highest BCUT2D eigenvalue weighted by Crippen LogP contribution is 2.43. The first-order chi connectivity index (χ1) is 22.8. The molecule has 0 bridgehead atoms. The van der Waals surface area contributed by atoms with Gasteiger partial charge in [-0.15, -0.1) is 0 Å². The number of carbonyl (C=O) groups excluding carboxylic acids is 2. The fraction of sp³-hybridized carbons (Fsp3) is 0.946. The molecule has 280 valence electrons. The van der Waals surface area contributed by atoms with E-state index in [1.165, 1.54) is 128 Å². The monoisotopic (exact) mass is 692 g/mol. The normalized spacial score (nSPS) is 13.4. The van der Waals surface area contributed by atoms with Gasteiger partial charge < -0.3 is 20.1 Å². The fourth-order valence-corrected chi connectivity index (χ4v) is 6.34. The van der Waals surface area contributed by atoms with Crippen molar-refractivity contribution < 1.29 is 37.6 Å². The van der Waals surface area contributed by atoms with Crippen LogP contribution in [-0.2, 0) is 32.7 Å².